The van der Waals surface area contributed by atoms with E-state index in [4.69, 9.17) is 29.4 Å². The third-order valence-electron chi connectivity index (χ3n) is 7.32. The first-order valence-corrected chi connectivity index (χ1v) is 15.5. The second-order valence-corrected chi connectivity index (χ2v) is 11.2. The van der Waals surface area contributed by atoms with Gasteiger partial charge in [0, 0.05) is 29.8 Å². The van der Waals surface area contributed by atoms with Crippen LogP contribution in [0, 0.1) is 0 Å². The highest BCUT2D eigenvalue weighted by molar-refractivity contribution is 6.11. The Balaban J connectivity index is 1.45. The molecule has 2 N–H and O–H groups in total. The number of amides is 2. The maximum Gasteiger partial charge on any atom is 0.277 e. The van der Waals surface area contributed by atoms with Gasteiger partial charge in [-0.1, -0.05) is 0 Å². The van der Waals surface area contributed by atoms with Gasteiger partial charge in [-0.3, -0.25) is 9.59 Å². The number of unbranched alkanes of at least 4 members (excludes halogenated alkanes) is 2. The summed E-state index contributed by atoms with van der Waals surface area (Å²) in [4.78, 5) is 31.9. The summed E-state index contributed by atoms with van der Waals surface area (Å²) in [6, 6.07) is 17.8. The number of rotatable bonds is 17. The summed E-state index contributed by atoms with van der Waals surface area (Å²) in [5.74, 6) is 2.40. The van der Waals surface area contributed by atoms with Crippen molar-refractivity contribution >= 4 is 17.5 Å². The van der Waals surface area contributed by atoms with Gasteiger partial charge in [0.15, 0.2) is 23.0 Å². The summed E-state index contributed by atoms with van der Waals surface area (Å²) in [5.41, 5.74) is 8.08. The van der Waals surface area contributed by atoms with Gasteiger partial charge in [-0.05, 0) is 113 Å². The predicted molar refractivity (Wildman–Crippen MR) is 180 cm³/mol. The molecule has 0 bridgehead atoms. The molecule has 0 aliphatic rings. The van der Waals surface area contributed by atoms with Crippen LogP contribution in [0.25, 0.3) is 0 Å². The lowest BCUT2D eigenvalue weighted by Gasteiger charge is -2.31. The van der Waals surface area contributed by atoms with E-state index in [-0.39, 0.29) is 24.5 Å². The Morgan fingerprint density at radius 1 is 0.674 bits per heavy atom. The lowest BCUT2D eigenvalue weighted by Crippen LogP contribution is -2.42. The Morgan fingerprint density at radius 3 is 1.78 bits per heavy atom. The van der Waals surface area contributed by atoms with E-state index in [2.05, 4.69) is 4.99 Å². The third-order valence-corrected chi connectivity index (χ3v) is 7.32. The van der Waals surface area contributed by atoms with E-state index in [9.17, 15) is 9.59 Å². The standard InChI is InChI=1S/C36H47N3O7/c1-24(2)39(25(3)4)36(41)28-14-18-32(34(22-28)44-7)46-20-10-8-9-19-45-29-15-11-26(12-16-29)30(23-37)38-35(40)27-13-17-31(42-5)33(21-27)43-6/h11-18,21-22,24-25H,8-10,19-20,23,37H2,1-7H3. The van der Waals surface area contributed by atoms with Crippen LogP contribution in [0.2, 0.25) is 0 Å². The average Bonchev–Trinajstić information content (AvgIpc) is 3.06. The number of carbonyl (C=O) groups excluding carboxylic acids is 2. The van der Waals surface area contributed by atoms with Crippen molar-refractivity contribution in [2.75, 3.05) is 41.1 Å². The number of nitrogens with zero attached hydrogens (tertiary/aromatic N) is 2. The van der Waals surface area contributed by atoms with Crippen LogP contribution < -0.4 is 29.4 Å². The lowest BCUT2D eigenvalue weighted by atomic mass is 10.1. The molecule has 46 heavy (non-hydrogen) atoms. The van der Waals surface area contributed by atoms with E-state index in [1.54, 1.807) is 43.5 Å². The van der Waals surface area contributed by atoms with Crippen molar-refractivity contribution in [2.24, 2.45) is 10.7 Å². The van der Waals surface area contributed by atoms with Crippen LogP contribution in [-0.4, -0.2) is 75.6 Å². The first-order chi connectivity index (χ1) is 22.1. The molecular weight excluding hydrogens is 586 g/mol. The van der Waals surface area contributed by atoms with Gasteiger partial charge in [-0.15, -0.1) is 0 Å². The molecule has 3 aromatic rings. The fourth-order valence-electron chi connectivity index (χ4n) is 5.02. The molecule has 0 saturated carbocycles. The number of aliphatic imine (C=N–C) groups is 1. The Bertz CT molecular complexity index is 1460. The van der Waals surface area contributed by atoms with Crippen molar-refractivity contribution in [3.8, 4) is 28.7 Å². The number of hydrogen-bond donors (Lipinski definition) is 1. The minimum atomic E-state index is -0.420. The molecule has 3 rings (SSSR count). The maximum absolute atomic E-state index is 13.0. The summed E-state index contributed by atoms with van der Waals surface area (Å²) in [7, 11) is 4.62. The van der Waals surface area contributed by atoms with Crippen molar-refractivity contribution < 1.29 is 33.3 Å². The molecule has 0 atom stereocenters. The Morgan fingerprint density at radius 2 is 1.20 bits per heavy atom. The quantitative estimate of drug-likeness (QED) is 0.138. The molecule has 0 aromatic heterocycles. The van der Waals surface area contributed by atoms with Crippen LogP contribution >= 0.6 is 0 Å². The van der Waals surface area contributed by atoms with Crippen LogP contribution in [0.15, 0.2) is 65.7 Å². The molecule has 248 valence electrons. The summed E-state index contributed by atoms with van der Waals surface area (Å²) >= 11 is 0. The molecule has 0 unspecified atom stereocenters. The molecule has 10 nitrogen and oxygen atoms in total. The predicted octanol–water partition coefficient (Wildman–Crippen LogP) is 6.19. The highest BCUT2D eigenvalue weighted by Crippen LogP contribution is 2.30. The lowest BCUT2D eigenvalue weighted by molar-refractivity contribution is 0.0643. The summed E-state index contributed by atoms with van der Waals surface area (Å²) in [5, 5.41) is 0. The SMILES string of the molecule is COc1ccc(C(=O)N=C(CN)c2ccc(OCCCCCOc3ccc(C(=O)N(C(C)C)C(C)C)cc3OC)cc2)cc1OC. The van der Waals surface area contributed by atoms with Gasteiger partial charge in [-0.25, -0.2) is 4.99 Å². The molecule has 3 aromatic carbocycles. The van der Waals surface area contributed by atoms with E-state index in [1.165, 1.54) is 14.2 Å². The smallest absolute Gasteiger partial charge is 0.277 e. The van der Waals surface area contributed by atoms with E-state index in [0.717, 1.165) is 30.6 Å². The fraction of sp³-hybridized carbons (Fsp3) is 0.417. The zero-order chi connectivity index (χ0) is 33.6. The first kappa shape index (κ1) is 35.9. The van der Waals surface area contributed by atoms with Gasteiger partial charge in [0.05, 0.1) is 40.3 Å². The Labute approximate surface area is 272 Å². The second-order valence-electron chi connectivity index (χ2n) is 11.2. The highest BCUT2D eigenvalue weighted by Gasteiger charge is 2.23. The molecular formula is C36H47N3O7. The monoisotopic (exact) mass is 633 g/mol. The summed E-state index contributed by atoms with van der Waals surface area (Å²) < 4.78 is 27.9. The normalized spacial score (nSPS) is 11.4. The molecule has 0 aliphatic carbocycles. The minimum Gasteiger partial charge on any atom is -0.494 e. The van der Waals surface area contributed by atoms with Gasteiger partial charge in [0.2, 0.25) is 0 Å². The van der Waals surface area contributed by atoms with Crippen molar-refractivity contribution in [2.45, 2.75) is 59.0 Å². The van der Waals surface area contributed by atoms with Crippen LogP contribution in [0.5, 0.6) is 28.7 Å². The maximum atomic E-state index is 13.0. The zero-order valence-corrected chi connectivity index (χ0v) is 28.0. The topological polar surface area (TPSA) is 122 Å². The molecule has 2 amide bonds. The van der Waals surface area contributed by atoms with Crippen LogP contribution in [0.4, 0.5) is 0 Å². The van der Waals surface area contributed by atoms with Gasteiger partial charge >= 0.3 is 0 Å². The fourth-order valence-corrected chi connectivity index (χ4v) is 5.02. The van der Waals surface area contributed by atoms with E-state index >= 15 is 0 Å². The first-order valence-electron chi connectivity index (χ1n) is 15.5. The van der Waals surface area contributed by atoms with Crippen LogP contribution in [0.1, 0.15) is 73.2 Å². The van der Waals surface area contributed by atoms with E-state index < -0.39 is 5.91 Å². The number of methoxy groups -OCH3 is 3. The zero-order valence-electron chi connectivity index (χ0n) is 28.0. The van der Waals surface area contributed by atoms with Crippen molar-refractivity contribution in [3.63, 3.8) is 0 Å². The molecule has 0 spiro atoms. The average molecular weight is 634 g/mol. The van der Waals surface area contributed by atoms with Gasteiger partial charge in [-0.2, -0.15) is 0 Å². The second kappa shape index (κ2) is 17.8. The van der Waals surface area contributed by atoms with Gasteiger partial charge in [0.25, 0.3) is 11.8 Å². The highest BCUT2D eigenvalue weighted by atomic mass is 16.5. The number of nitrogens with two attached hydrogens (primary N) is 1. The van der Waals surface area contributed by atoms with Gasteiger partial charge < -0.3 is 34.3 Å². The summed E-state index contributed by atoms with van der Waals surface area (Å²) in [6.45, 7) is 9.22. The molecule has 0 radical (unpaired) electrons. The van der Waals surface area contributed by atoms with Crippen molar-refractivity contribution in [1.82, 2.24) is 4.90 Å². The van der Waals surface area contributed by atoms with Crippen molar-refractivity contribution in [1.29, 1.82) is 0 Å². The molecule has 0 fully saturated rings. The number of hydrogen-bond acceptors (Lipinski definition) is 8. The molecule has 0 aliphatic heterocycles. The number of benzene rings is 3. The Hall–Kier alpha value is -4.57. The molecule has 0 saturated heterocycles. The molecule has 10 heteroatoms. The summed E-state index contributed by atoms with van der Waals surface area (Å²) in [6.07, 6.45) is 2.60. The van der Waals surface area contributed by atoms with Crippen molar-refractivity contribution in [3.05, 3.63) is 77.4 Å². The van der Waals surface area contributed by atoms with Crippen LogP contribution in [-0.2, 0) is 0 Å². The largest absolute Gasteiger partial charge is 0.494 e. The van der Waals surface area contributed by atoms with E-state index in [0.29, 0.717) is 53.1 Å². The third kappa shape index (κ3) is 9.71. The van der Waals surface area contributed by atoms with Gasteiger partial charge in [0.1, 0.15) is 5.75 Å². The Kier molecular flexibility index (Phi) is 13.9. The van der Waals surface area contributed by atoms with E-state index in [1.807, 2.05) is 56.9 Å². The van der Waals surface area contributed by atoms with Crippen LogP contribution in [0.3, 0.4) is 0 Å². The molecule has 0 heterocycles. The number of carbonyl (C=O) groups is 2. The minimum absolute atomic E-state index is 0.0290. The number of ether oxygens (including phenoxy) is 5.